The summed E-state index contributed by atoms with van der Waals surface area (Å²) in [5.41, 5.74) is 10.2. The van der Waals surface area contributed by atoms with E-state index in [2.05, 4.69) is 185 Å². The van der Waals surface area contributed by atoms with Crippen LogP contribution in [-0.4, -0.2) is 14.1 Å². The van der Waals surface area contributed by atoms with Crippen LogP contribution in [-0.2, 0) is 0 Å². The molecule has 0 atom stereocenters. The first-order valence-electron chi connectivity index (χ1n) is 17.2. The normalized spacial score (nSPS) is 12.0. The highest BCUT2D eigenvalue weighted by atomic mass is 15.0. The Kier molecular flexibility index (Phi) is 5.67. The topological polar surface area (TPSA) is 22.8 Å². The van der Waals surface area contributed by atoms with Gasteiger partial charge in [0.05, 0.1) is 33.3 Å². The molecule has 0 fully saturated rings. The van der Waals surface area contributed by atoms with Crippen molar-refractivity contribution >= 4 is 76.1 Å². The van der Waals surface area contributed by atoms with E-state index >= 15 is 0 Å². The van der Waals surface area contributed by atoms with Crippen molar-refractivity contribution in [1.29, 1.82) is 0 Å². The fourth-order valence-corrected chi connectivity index (χ4v) is 8.36. The fraction of sp³-hybridized carbons (Fsp3) is 0. The minimum atomic E-state index is 0.968. The van der Waals surface area contributed by atoms with E-state index in [1.54, 1.807) is 0 Å². The molecule has 3 nitrogen and oxygen atoms in total. The molecular formula is C47H29N3. The number of hydrogen-bond donors (Lipinski definition) is 0. The van der Waals surface area contributed by atoms with Gasteiger partial charge in [-0.05, 0) is 76.8 Å². The number of aromatic nitrogens is 3. The maximum atomic E-state index is 5.40. The van der Waals surface area contributed by atoms with Crippen LogP contribution >= 0.6 is 0 Å². The predicted molar refractivity (Wildman–Crippen MR) is 211 cm³/mol. The molecule has 232 valence electrons. The maximum absolute atomic E-state index is 5.40. The Morgan fingerprint density at radius 3 is 1.42 bits per heavy atom. The summed E-state index contributed by atoms with van der Waals surface area (Å²) in [6.07, 6.45) is 0. The number of para-hydroxylation sites is 3. The predicted octanol–water partition coefficient (Wildman–Crippen LogP) is 12.4. The lowest BCUT2D eigenvalue weighted by Gasteiger charge is -2.12. The van der Waals surface area contributed by atoms with Gasteiger partial charge in [0.15, 0.2) is 0 Å². The molecule has 3 heterocycles. The molecule has 0 saturated carbocycles. The van der Waals surface area contributed by atoms with Gasteiger partial charge in [-0.25, -0.2) is 4.98 Å². The molecule has 0 spiro atoms. The highest BCUT2D eigenvalue weighted by Gasteiger charge is 2.21. The second-order valence-electron chi connectivity index (χ2n) is 13.1. The molecule has 0 aliphatic heterocycles. The number of hydrogen-bond acceptors (Lipinski definition) is 1. The first-order valence-corrected chi connectivity index (χ1v) is 17.2. The average Bonchev–Trinajstić information content (AvgIpc) is 3.71. The Labute approximate surface area is 287 Å². The quantitative estimate of drug-likeness (QED) is 0.177. The summed E-state index contributed by atoms with van der Waals surface area (Å²) in [4.78, 5) is 5.40. The molecule has 3 heteroatoms. The summed E-state index contributed by atoms with van der Waals surface area (Å²) in [7, 11) is 0. The zero-order chi connectivity index (χ0) is 32.8. The van der Waals surface area contributed by atoms with Crippen LogP contribution in [0.5, 0.6) is 0 Å². The highest BCUT2D eigenvalue weighted by molar-refractivity contribution is 6.29. The zero-order valence-electron chi connectivity index (χ0n) is 27.1. The Hall–Kier alpha value is -6.71. The van der Waals surface area contributed by atoms with Crippen LogP contribution in [0, 0.1) is 0 Å². The van der Waals surface area contributed by atoms with E-state index in [0.29, 0.717) is 0 Å². The molecule has 11 aromatic rings. The monoisotopic (exact) mass is 635 g/mol. The Balaban J connectivity index is 1.23. The molecule has 0 radical (unpaired) electrons. The smallest absolute Gasteiger partial charge is 0.0794 e. The number of nitrogens with zero attached hydrogens (tertiary/aromatic N) is 3. The second-order valence-corrected chi connectivity index (χ2v) is 13.1. The van der Waals surface area contributed by atoms with Crippen LogP contribution in [0.2, 0.25) is 0 Å². The Morgan fingerprint density at radius 1 is 0.320 bits per heavy atom. The third kappa shape index (κ3) is 3.77. The standard InChI is InChI=1S/C47H29N3/c1-3-13-31(14-4-1)49-41-22-12-11-21-38(41)45-42(49)27-28-43-46(45)39-24-23-30(29-44(39)50(43)32-15-5-2-6-16-32)40-26-25-37-35-19-8-7-17-33(35)34-18-9-10-20-36(34)47(37)48-40/h1-29H. The van der Waals surface area contributed by atoms with Crippen LogP contribution in [0.4, 0.5) is 0 Å². The third-order valence-electron chi connectivity index (χ3n) is 10.5. The van der Waals surface area contributed by atoms with Crippen LogP contribution in [0.15, 0.2) is 176 Å². The van der Waals surface area contributed by atoms with E-state index < -0.39 is 0 Å². The van der Waals surface area contributed by atoms with E-state index in [1.165, 1.54) is 65.0 Å². The van der Waals surface area contributed by atoms with Gasteiger partial charge >= 0.3 is 0 Å². The zero-order valence-corrected chi connectivity index (χ0v) is 27.1. The Bertz CT molecular complexity index is 3100. The van der Waals surface area contributed by atoms with Crippen LogP contribution in [0.1, 0.15) is 0 Å². The molecule has 8 aromatic carbocycles. The van der Waals surface area contributed by atoms with Crippen molar-refractivity contribution in [3.05, 3.63) is 176 Å². The summed E-state index contributed by atoms with van der Waals surface area (Å²) in [5, 5.41) is 11.1. The lowest BCUT2D eigenvalue weighted by Crippen LogP contribution is -1.95. The first-order chi connectivity index (χ1) is 24.8. The van der Waals surface area contributed by atoms with Gasteiger partial charge in [0.2, 0.25) is 0 Å². The van der Waals surface area contributed by atoms with Gasteiger partial charge in [0.1, 0.15) is 0 Å². The van der Waals surface area contributed by atoms with Crippen molar-refractivity contribution in [3.63, 3.8) is 0 Å². The molecule has 3 aromatic heterocycles. The number of fused-ring (bicyclic) bond motifs is 13. The molecular weight excluding hydrogens is 607 g/mol. The van der Waals surface area contributed by atoms with Crippen molar-refractivity contribution in [2.24, 2.45) is 0 Å². The van der Waals surface area contributed by atoms with Gasteiger partial charge in [0.25, 0.3) is 0 Å². The molecule has 0 aliphatic rings. The van der Waals surface area contributed by atoms with Crippen molar-refractivity contribution < 1.29 is 0 Å². The van der Waals surface area contributed by atoms with Gasteiger partial charge in [-0.15, -0.1) is 0 Å². The molecule has 0 N–H and O–H groups in total. The van der Waals surface area contributed by atoms with Crippen LogP contribution < -0.4 is 0 Å². The summed E-state index contributed by atoms with van der Waals surface area (Å²) in [5.74, 6) is 0. The SMILES string of the molecule is c1ccc(-n2c3ccccc3c3c4c5ccc(-c6ccc7c8ccccc8c8ccccc8c7n6)cc5n(-c5ccccc5)c4ccc32)cc1. The van der Waals surface area contributed by atoms with Crippen molar-refractivity contribution in [1.82, 2.24) is 14.1 Å². The van der Waals surface area contributed by atoms with E-state index in [0.717, 1.165) is 33.7 Å². The van der Waals surface area contributed by atoms with Gasteiger partial charge in [-0.3, -0.25) is 0 Å². The van der Waals surface area contributed by atoms with Crippen molar-refractivity contribution in [2.75, 3.05) is 0 Å². The minimum absolute atomic E-state index is 0.968. The molecule has 0 bridgehead atoms. The lowest BCUT2D eigenvalue weighted by molar-refractivity contribution is 1.17. The van der Waals surface area contributed by atoms with Gasteiger partial charge in [0, 0.05) is 49.3 Å². The van der Waals surface area contributed by atoms with E-state index in [4.69, 9.17) is 4.98 Å². The van der Waals surface area contributed by atoms with E-state index in [-0.39, 0.29) is 0 Å². The van der Waals surface area contributed by atoms with Crippen molar-refractivity contribution in [2.45, 2.75) is 0 Å². The average molecular weight is 636 g/mol. The Morgan fingerprint density at radius 2 is 0.780 bits per heavy atom. The number of pyridine rings is 1. The molecule has 11 rings (SSSR count). The number of rotatable bonds is 3. The van der Waals surface area contributed by atoms with Crippen LogP contribution in [0.3, 0.4) is 0 Å². The molecule has 50 heavy (non-hydrogen) atoms. The van der Waals surface area contributed by atoms with Gasteiger partial charge in [-0.2, -0.15) is 0 Å². The third-order valence-corrected chi connectivity index (χ3v) is 10.5. The summed E-state index contributed by atoms with van der Waals surface area (Å²) < 4.78 is 4.82. The van der Waals surface area contributed by atoms with E-state index in [9.17, 15) is 0 Å². The lowest BCUT2D eigenvalue weighted by atomic mass is 9.96. The molecule has 0 saturated heterocycles. The number of benzene rings is 8. The largest absolute Gasteiger partial charge is 0.309 e. The van der Waals surface area contributed by atoms with Gasteiger partial charge < -0.3 is 9.13 Å². The second kappa shape index (κ2) is 10.4. The first kappa shape index (κ1) is 27.3. The van der Waals surface area contributed by atoms with Crippen LogP contribution in [0.25, 0.3) is 98.7 Å². The summed E-state index contributed by atoms with van der Waals surface area (Å²) in [6.45, 7) is 0. The van der Waals surface area contributed by atoms with Gasteiger partial charge in [-0.1, -0.05) is 115 Å². The van der Waals surface area contributed by atoms with Crippen molar-refractivity contribution in [3.8, 4) is 22.6 Å². The molecule has 0 unspecified atom stereocenters. The maximum Gasteiger partial charge on any atom is 0.0794 e. The minimum Gasteiger partial charge on any atom is -0.309 e. The fourth-order valence-electron chi connectivity index (χ4n) is 8.36. The summed E-state index contributed by atoms with van der Waals surface area (Å²) in [6, 6.07) is 63.5. The molecule has 0 amide bonds. The van der Waals surface area contributed by atoms with E-state index in [1.807, 2.05) is 0 Å². The molecule has 0 aliphatic carbocycles. The highest BCUT2D eigenvalue weighted by Crippen LogP contribution is 2.43. The summed E-state index contributed by atoms with van der Waals surface area (Å²) >= 11 is 0.